The van der Waals surface area contributed by atoms with Crippen molar-refractivity contribution in [2.45, 2.75) is 11.1 Å². The number of nitrogens with one attached hydrogen (secondary N) is 2. The van der Waals surface area contributed by atoms with Crippen LogP contribution in [0, 0.1) is 5.82 Å². The lowest BCUT2D eigenvalue weighted by Gasteiger charge is -2.17. The monoisotopic (exact) mass is 442 g/mol. The lowest BCUT2D eigenvalue weighted by molar-refractivity contribution is -0.139. The van der Waals surface area contributed by atoms with Crippen LogP contribution in [0.25, 0.3) is 33.4 Å². The molecule has 156 valence electrons. The van der Waals surface area contributed by atoms with Gasteiger partial charge in [-0.3, -0.25) is 5.10 Å². The van der Waals surface area contributed by atoms with Gasteiger partial charge in [0.15, 0.2) is 5.82 Å². The molecule has 0 bridgehead atoms. The van der Waals surface area contributed by atoms with Crippen molar-refractivity contribution in [3.8, 4) is 22.5 Å². The Morgan fingerprint density at radius 1 is 1.10 bits per heavy atom. The van der Waals surface area contributed by atoms with Crippen molar-refractivity contribution in [2.75, 3.05) is 5.73 Å². The topological polar surface area (TPSA) is 169 Å². The molecule has 0 aliphatic heterocycles. The smallest absolute Gasteiger partial charge is 0.382 e. The quantitative estimate of drug-likeness (QED) is 0.351. The van der Waals surface area contributed by atoms with Crippen molar-refractivity contribution in [1.29, 1.82) is 0 Å². The van der Waals surface area contributed by atoms with Crippen molar-refractivity contribution in [1.82, 2.24) is 30.8 Å². The van der Waals surface area contributed by atoms with Crippen molar-refractivity contribution < 1.29 is 26.0 Å². The first-order valence-corrected chi connectivity index (χ1v) is 9.47. The number of rotatable bonds is 3. The largest absolute Gasteiger partial charge is 0.417 e. The van der Waals surface area contributed by atoms with Crippen LogP contribution in [0.2, 0.25) is 0 Å². The first-order valence-electron chi connectivity index (χ1n) is 7.92. The number of aromatic amines is 2. The zero-order valence-electron chi connectivity index (χ0n) is 14.5. The van der Waals surface area contributed by atoms with Gasteiger partial charge in [-0.1, -0.05) is 6.07 Å². The molecule has 0 radical (unpaired) electrons. The van der Waals surface area contributed by atoms with Gasteiger partial charge >= 0.3 is 6.18 Å². The molecule has 0 atom stereocenters. The predicted octanol–water partition coefficient (Wildman–Crippen LogP) is 1.80. The Morgan fingerprint density at radius 3 is 2.43 bits per heavy atom. The molecule has 10 nitrogen and oxygen atoms in total. The van der Waals surface area contributed by atoms with Crippen LogP contribution >= 0.6 is 0 Å². The summed E-state index contributed by atoms with van der Waals surface area (Å²) in [6, 6.07) is 3.79. The third kappa shape index (κ3) is 3.13. The molecule has 0 amide bonds. The summed E-state index contributed by atoms with van der Waals surface area (Å²) in [6.07, 6.45) is -5.06. The second-order valence-corrected chi connectivity index (χ2v) is 7.63. The minimum absolute atomic E-state index is 0.00192. The maximum absolute atomic E-state index is 14.6. The summed E-state index contributed by atoms with van der Waals surface area (Å²) < 4.78 is 79.5. The van der Waals surface area contributed by atoms with E-state index in [-0.39, 0.29) is 27.8 Å². The fourth-order valence-electron chi connectivity index (χ4n) is 3.12. The molecule has 4 aromatic rings. The lowest BCUT2D eigenvalue weighted by Crippen LogP contribution is -2.21. The van der Waals surface area contributed by atoms with Crippen LogP contribution in [-0.4, -0.2) is 39.2 Å². The Balaban J connectivity index is 2.14. The molecule has 0 unspecified atom stereocenters. The third-order valence-electron chi connectivity index (χ3n) is 4.27. The molecular weight excluding hydrogens is 432 g/mol. The minimum Gasteiger partial charge on any atom is -0.382 e. The summed E-state index contributed by atoms with van der Waals surface area (Å²) >= 11 is 0. The summed E-state index contributed by atoms with van der Waals surface area (Å²) in [7, 11) is -4.93. The SMILES string of the molecule is Nc1n[nH]c2cc(-c3ccc(C(F)(F)F)c(S(N)(=O)=O)c3-c3nn[nH]n3)cc(F)c12. The zero-order valence-corrected chi connectivity index (χ0v) is 15.3. The molecule has 6 N–H and O–H groups in total. The van der Waals surface area contributed by atoms with Gasteiger partial charge in [-0.25, -0.2) is 17.9 Å². The highest BCUT2D eigenvalue weighted by Gasteiger charge is 2.40. The number of primary sulfonamides is 1. The van der Waals surface area contributed by atoms with Gasteiger partial charge in [0.25, 0.3) is 0 Å². The molecule has 2 aromatic heterocycles. The molecule has 30 heavy (non-hydrogen) atoms. The number of alkyl halides is 3. The average molecular weight is 442 g/mol. The number of nitrogens with two attached hydrogens (primary N) is 2. The molecule has 0 saturated heterocycles. The molecular formula is C15H10F4N8O2S. The van der Waals surface area contributed by atoms with Crippen molar-refractivity contribution in [3.63, 3.8) is 0 Å². The molecule has 2 aromatic carbocycles. The zero-order chi connectivity index (χ0) is 21.8. The van der Waals surface area contributed by atoms with E-state index < -0.39 is 43.9 Å². The number of anilines is 1. The third-order valence-corrected chi connectivity index (χ3v) is 5.26. The van der Waals surface area contributed by atoms with E-state index in [0.717, 1.165) is 12.1 Å². The van der Waals surface area contributed by atoms with E-state index in [1.165, 1.54) is 6.07 Å². The summed E-state index contributed by atoms with van der Waals surface area (Å²) in [5, 5.41) is 23.7. The Labute approximate surface area is 164 Å². The highest BCUT2D eigenvalue weighted by molar-refractivity contribution is 7.89. The maximum atomic E-state index is 14.6. The Kier molecular flexibility index (Phi) is 4.25. The predicted molar refractivity (Wildman–Crippen MR) is 95.4 cm³/mol. The fourth-order valence-corrected chi connectivity index (χ4v) is 4.09. The number of nitrogens with zero attached hydrogens (tertiary/aromatic N) is 4. The Hall–Kier alpha value is -3.59. The molecule has 2 heterocycles. The van der Waals surface area contributed by atoms with Crippen LogP contribution in [-0.2, 0) is 16.2 Å². The first-order chi connectivity index (χ1) is 14.0. The number of halogens is 4. The van der Waals surface area contributed by atoms with Crippen LogP contribution in [0.5, 0.6) is 0 Å². The molecule has 0 aliphatic rings. The number of nitrogen functional groups attached to an aromatic ring is 1. The van der Waals surface area contributed by atoms with Gasteiger partial charge in [0.2, 0.25) is 15.8 Å². The van der Waals surface area contributed by atoms with Crippen molar-refractivity contribution >= 4 is 26.7 Å². The summed E-state index contributed by atoms with van der Waals surface area (Å²) in [6.45, 7) is 0. The van der Waals surface area contributed by atoms with Crippen LogP contribution < -0.4 is 10.9 Å². The van der Waals surface area contributed by atoms with Gasteiger partial charge in [-0.15, -0.1) is 10.2 Å². The Bertz CT molecular complexity index is 1380. The number of hydrogen-bond donors (Lipinski definition) is 4. The van der Waals surface area contributed by atoms with E-state index in [1.54, 1.807) is 0 Å². The number of tetrazole rings is 1. The van der Waals surface area contributed by atoms with Crippen molar-refractivity contribution in [2.24, 2.45) is 5.14 Å². The number of benzene rings is 2. The highest BCUT2D eigenvalue weighted by Crippen LogP contribution is 2.43. The number of fused-ring (bicyclic) bond motifs is 1. The van der Waals surface area contributed by atoms with Crippen LogP contribution in [0.1, 0.15) is 5.56 Å². The second-order valence-electron chi connectivity index (χ2n) is 6.13. The first kappa shape index (κ1) is 19.7. The van der Waals surface area contributed by atoms with E-state index in [2.05, 4.69) is 30.8 Å². The Morgan fingerprint density at radius 2 is 1.83 bits per heavy atom. The van der Waals surface area contributed by atoms with E-state index >= 15 is 0 Å². The van der Waals surface area contributed by atoms with Crippen molar-refractivity contribution in [3.05, 3.63) is 35.6 Å². The van der Waals surface area contributed by atoms with Crippen LogP contribution in [0.15, 0.2) is 29.2 Å². The number of hydrogen-bond acceptors (Lipinski definition) is 7. The fraction of sp³-hybridized carbons (Fsp3) is 0.0667. The summed E-state index contributed by atoms with van der Waals surface area (Å²) in [4.78, 5) is -1.27. The van der Waals surface area contributed by atoms with Crippen LogP contribution in [0.4, 0.5) is 23.4 Å². The van der Waals surface area contributed by atoms with Gasteiger partial charge in [0, 0.05) is 0 Å². The maximum Gasteiger partial charge on any atom is 0.417 e. The number of aromatic nitrogens is 6. The second kappa shape index (κ2) is 6.46. The van der Waals surface area contributed by atoms with Gasteiger partial charge in [0.05, 0.1) is 22.0 Å². The van der Waals surface area contributed by atoms with Gasteiger partial charge in [0.1, 0.15) is 10.7 Å². The molecule has 4 rings (SSSR count). The number of H-pyrrole nitrogens is 2. The van der Waals surface area contributed by atoms with E-state index in [0.29, 0.717) is 6.07 Å². The number of sulfonamides is 1. The standard InChI is InChI=1S/C15H10F4N8O2S/c16-8-3-5(4-9-11(8)13(20)23-22-9)6-1-2-7(15(17,18)19)12(30(21,28)29)10(6)14-24-26-27-25-14/h1-4H,(H3,20,22,23)(H2,21,28,29)(H,24,25,26,27). The van der Waals surface area contributed by atoms with E-state index in [4.69, 9.17) is 10.9 Å². The van der Waals surface area contributed by atoms with Gasteiger partial charge in [-0.2, -0.15) is 23.5 Å². The highest BCUT2D eigenvalue weighted by atomic mass is 32.2. The van der Waals surface area contributed by atoms with E-state index in [1.807, 2.05) is 0 Å². The molecule has 0 fully saturated rings. The summed E-state index contributed by atoms with van der Waals surface area (Å²) in [5.74, 6) is -1.43. The average Bonchev–Trinajstić information content (AvgIpc) is 3.29. The molecule has 15 heteroatoms. The molecule has 0 aliphatic carbocycles. The van der Waals surface area contributed by atoms with Crippen LogP contribution in [0.3, 0.4) is 0 Å². The lowest BCUT2D eigenvalue weighted by atomic mass is 9.95. The minimum atomic E-state index is -5.06. The normalized spacial score (nSPS) is 12.6. The van der Waals surface area contributed by atoms with Gasteiger partial charge in [-0.05, 0) is 34.5 Å². The molecule has 0 spiro atoms. The van der Waals surface area contributed by atoms with E-state index in [9.17, 15) is 26.0 Å². The van der Waals surface area contributed by atoms with Gasteiger partial charge < -0.3 is 5.73 Å². The summed E-state index contributed by atoms with van der Waals surface area (Å²) in [5.41, 5.74) is 3.47. The molecule has 0 saturated carbocycles.